The van der Waals surface area contributed by atoms with E-state index in [1.165, 1.54) is 134 Å². The molecule has 0 amide bonds. The first-order chi connectivity index (χ1) is 25.0. The van der Waals surface area contributed by atoms with Crippen molar-refractivity contribution in [2.45, 2.75) is 180 Å². The van der Waals surface area contributed by atoms with Crippen LogP contribution in [-0.4, -0.2) is 50.1 Å². The Morgan fingerprint density at radius 2 is 0.585 bits per heavy atom. The van der Waals surface area contributed by atoms with E-state index in [1.54, 1.807) is 0 Å². The Morgan fingerprint density at radius 3 is 0.849 bits per heavy atom. The number of nitrogens with zero attached hydrogens (tertiary/aromatic N) is 2. The van der Waals surface area contributed by atoms with E-state index in [0.29, 0.717) is 0 Å². The summed E-state index contributed by atoms with van der Waals surface area (Å²) in [5.74, 6) is 0. The summed E-state index contributed by atoms with van der Waals surface area (Å²) in [4.78, 5) is 4.81. The van der Waals surface area contributed by atoms with Crippen LogP contribution in [0.5, 0.6) is 0 Å². The lowest BCUT2D eigenvalue weighted by atomic mass is 10.1. The van der Waals surface area contributed by atoms with E-state index in [0.717, 1.165) is 32.5 Å². The monoisotopic (exact) mass is 731 g/mol. The second kappa shape index (κ2) is 35.3. The van der Waals surface area contributed by atoms with E-state index in [1.807, 2.05) is 0 Å². The first-order valence-corrected chi connectivity index (χ1v) is 21.3. The molecule has 0 radical (unpaired) electrons. The predicted octanol–water partition coefficient (Wildman–Crippen LogP) is 15.9. The number of allylic oxidation sites excluding steroid dienone is 15. The zero-order valence-corrected chi connectivity index (χ0v) is 38.3. The molecule has 0 bridgehead atoms. The normalized spacial score (nSPS) is 13.3. The van der Waals surface area contributed by atoms with Gasteiger partial charge in [0.2, 0.25) is 0 Å². The maximum Gasteiger partial charge on any atom is 0.0165 e. The van der Waals surface area contributed by atoms with Gasteiger partial charge in [-0.3, -0.25) is 4.90 Å². The van der Waals surface area contributed by atoms with Gasteiger partial charge in [0.05, 0.1) is 0 Å². The number of rotatable bonds is 27. The van der Waals surface area contributed by atoms with Crippen molar-refractivity contribution in [2.75, 3.05) is 40.3 Å². The zero-order valence-electron chi connectivity index (χ0n) is 38.3. The van der Waals surface area contributed by atoms with Gasteiger partial charge in [0, 0.05) is 19.6 Å². The standard InChI is InChI=1S/C31H53N.C20H37N/c1-26(2)14-10-16-28(5)18-12-20-30(7)22-24-32(9)25-23-31(8)21-13-19-29(6)17-11-15-27(3)4;1-7-8-16-21(6)17-15-20(5)14-10-13-19(4)12-9-11-18(2)3/h14-15,18-19,22-23H,10-13,16-17,20-21,24-25H2,1-9H3;11,13,15H,7-10,12,14,16-17H2,1-6H3/b28-18+,29-19+,30-22+,31-23+;19-13+,20-15+. The van der Waals surface area contributed by atoms with E-state index in [9.17, 15) is 0 Å². The summed E-state index contributed by atoms with van der Waals surface area (Å²) in [5, 5.41) is 0. The minimum Gasteiger partial charge on any atom is -0.303 e. The Bertz CT molecular complexity index is 1150. The summed E-state index contributed by atoms with van der Waals surface area (Å²) >= 11 is 0. The molecule has 53 heavy (non-hydrogen) atoms. The van der Waals surface area contributed by atoms with Gasteiger partial charge >= 0.3 is 0 Å². The zero-order chi connectivity index (χ0) is 40.4. The van der Waals surface area contributed by atoms with Crippen LogP contribution in [0.2, 0.25) is 0 Å². The molecule has 2 heteroatoms. The van der Waals surface area contributed by atoms with Gasteiger partial charge in [0.25, 0.3) is 0 Å². The third kappa shape index (κ3) is 40.6. The first kappa shape index (κ1) is 52.7. The molecule has 0 heterocycles. The molecule has 0 N–H and O–H groups in total. The van der Waals surface area contributed by atoms with E-state index >= 15 is 0 Å². The van der Waals surface area contributed by atoms with E-state index < -0.39 is 0 Å². The van der Waals surface area contributed by atoms with Crippen molar-refractivity contribution in [2.24, 2.45) is 0 Å². The molecular weight excluding hydrogens is 641 g/mol. The van der Waals surface area contributed by atoms with Crippen LogP contribution in [-0.2, 0) is 0 Å². The van der Waals surface area contributed by atoms with Crippen LogP contribution in [0.15, 0.2) is 105 Å². The van der Waals surface area contributed by atoms with Gasteiger partial charge in [-0.1, -0.05) is 118 Å². The van der Waals surface area contributed by atoms with E-state index in [4.69, 9.17) is 0 Å². The summed E-state index contributed by atoms with van der Waals surface area (Å²) < 4.78 is 0. The van der Waals surface area contributed by atoms with Gasteiger partial charge in [-0.25, -0.2) is 0 Å². The van der Waals surface area contributed by atoms with Gasteiger partial charge in [-0.05, 0) is 187 Å². The molecule has 0 aliphatic rings. The van der Waals surface area contributed by atoms with Crippen molar-refractivity contribution in [3.8, 4) is 0 Å². The molecule has 0 aliphatic heterocycles. The van der Waals surface area contributed by atoms with Crippen molar-refractivity contribution in [1.82, 2.24) is 9.80 Å². The molecular formula is C51H90N2. The Balaban J connectivity index is 0. The lowest BCUT2D eigenvalue weighted by molar-refractivity contribution is 0.361. The fourth-order valence-corrected chi connectivity index (χ4v) is 5.55. The average Bonchev–Trinajstić information content (AvgIpc) is 3.07. The lowest BCUT2D eigenvalue weighted by Gasteiger charge is -2.14. The Hall–Kier alpha value is -2.42. The maximum absolute atomic E-state index is 2.42. The van der Waals surface area contributed by atoms with Crippen LogP contribution >= 0.6 is 0 Å². The highest BCUT2D eigenvalue weighted by atomic mass is 15.1. The molecule has 0 fully saturated rings. The van der Waals surface area contributed by atoms with Crippen molar-refractivity contribution in [1.29, 1.82) is 0 Å². The van der Waals surface area contributed by atoms with Crippen LogP contribution in [0, 0.1) is 0 Å². The fourth-order valence-electron chi connectivity index (χ4n) is 5.55. The van der Waals surface area contributed by atoms with Crippen LogP contribution in [0.25, 0.3) is 0 Å². The first-order valence-electron chi connectivity index (χ1n) is 21.3. The smallest absolute Gasteiger partial charge is 0.0165 e. The van der Waals surface area contributed by atoms with Crippen molar-refractivity contribution >= 4 is 0 Å². The Morgan fingerprint density at radius 1 is 0.340 bits per heavy atom. The third-order valence-corrected chi connectivity index (χ3v) is 9.52. The Labute approximate surface area is 333 Å². The van der Waals surface area contributed by atoms with Gasteiger partial charge in [-0.2, -0.15) is 0 Å². The van der Waals surface area contributed by atoms with Crippen LogP contribution in [0.3, 0.4) is 0 Å². The second-order valence-electron chi connectivity index (χ2n) is 16.7. The number of likely N-dealkylation sites (N-methyl/N-ethyl adjacent to an activating group) is 2. The number of hydrogen-bond acceptors (Lipinski definition) is 2. The van der Waals surface area contributed by atoms with Crippen molar-refractivity contribution in [3.63, 3.8) is 0 Å². The molecule has 0 spiro atoms. The topological polar surface area (TPSA) is 6.48 Å². The molecule has 2 nitrogen and oxygen atoms in total. The lowest BCUT2D eigenvalue weighted by Crippen LogP contribution is -2.19. The van der Waals surface area contributed by atoms with E-state index in [-0.39, 0.29) is 0 Å². The SMILES string of the molecule is CC(C)=CCC/C(C)=C/CC/C(C)=C/CN(C)C/C=C(\C)CC/C=C(\C)CCC=C(C)C.CCCCN(C)C/C=C(\C)CC/C=C(\C)CCC=C(C)C. The maximum atomic E-state index is 2.42. The molecule has 0 aromatic rings. The Kier molecular flexibility index (Phi) is 35.1. The third-order valence-electron chi connectivity index (χ3n) is 9.52. The van der Waals surface area contributed by atoms with E-state index in [2.05, 4.69) is 169 Å². The fraction of sp³-hybridized carbons (Fsp3) is 0.647. The highest BCUT2D eigenvalue weighted by molar-refractivity contribution is 5.09. The molecule has 0 saturated carbocycles. The number of hydrogen-bond donors (Lipinski definition) is 0. The van der Waals surface area contributed by atoms with Gasteiger partial charge in [0.15, 0.2) is 0 Å². The molecule has 304 valence electrons. The highest BCUT2D eigenvalue weighted by Crippen LogP contribution is 2.14. The number of unbranched alkanes of at least 4 members (excludes halogenated alkanes) is 1. The minimum absolute atomic E-state index is 1.03. The van der Waals surface area contributed by atoms with Crippen molar-refractivity contribution in [3.05, 3.63) is 105 Å². The minimum atomic E-state index is 1.03. The average molecular weight is 731 g/mol. The molecule has 0 aromatic carbocycles. The van der Waals surface area contributed by atoms with Crippen LogP contribution < -0.4 is 0 Å². The van der Waals surface area contributed by atoms with Gasteiger partial charge < -0.3 is 4.90 Å². The molecule has 0 rings (SSSR count). The second-order valence-corrected chi connectivity index (χ2v) is 16.7. The quantitative estimate of drug-likeness (QED) is 0.0777. The summed E-state index contributed by atoms with van der Waals surface area (Å²) in [5.41, 5.74) is 13.4. The van der Waals surface area contributed by atoms with Gasteiger partial charge in [0.1, 0.15) is 0 Å². The highest BCUT2D eigenvalue weighted by Gasteiger charge is 1.99. The van der Waals surface area contributed by atoms with Gasteiger partial charge in [-0.15, -0.1) is 0 Å². The van der Waals surface area contributed by atoms with Crippen LogP contribution in [0.1, 0.15) is 180 Å². The largest absolute Gasteiger partial charge is 0.303 e. The molecule has 0 aromatic heterocycles. The summed E-state index contributed by atoms with van der Waals surface area (Å²) in [6.07, 6.45) is 38.2. The summed E-state index contributed by atoms with van der Waals surface area (Å²) in [6, 6.07) is 0. The summed E-state index contributed by atoms with van der Waals surface area (Å²) in [6.45, 7) is 33.3. The predicted molar refractivity (Wildman–Crippen MR) is 246 cm³/mol. The summed E-state index contributed by atoms with van der Waals surface area (Å²) in [7, 11) is 4.43. The molecule has 0 aliphatic carbocycles. The molecule has 0 unspecified atom stereocenters. The molecule has 0 saturated heterocycles. The molecule has 0 atom stereocenters. The van der Waals surface area contributed by atoms with Crippen molar-refractivity contribution < 1.29 is 0 Å². The van der Waals surface area contributed by atoms with Crippen LogP contribution in [0.4, 0.5) is 0 Å².